The molecule has 0 aliphatic carbocycles. The largest absolute Gasteiger partial charge is 0.484 e. The third-order valence-corrected chi connectivity index (χ3v) is 4.43. The van der Waals surface area contributed by atoms with Crippen molar-refractivity contribution >= 4 is 46.9 Å². The van der Waals surface area contributed by atoms with Crippen molar-refractivity contribution in [1.82, 2.24) is 5.43 Å². The summed E-state index contributed by atoms with van der Waals surface area (Å²) >= 11 is 5.90. The fourth-order valence-corrected chi connectivity index (χ4v) is 2.91. The lowest BCUT2D eigenvalue weighted by molar-refractivity contribution is -0.136. The van der Waals surface area contributed by atoms with Crippen molar-refractivity contribution in [3.05, 3.63) is 88.9 Å². The van der Waals surface area contributed by atoms with Gasteiger partial charge in [-0.25, -0.2) is 5.43 Å². The molecule has 0 radical (unpaired) electrons. The minimum Gasteiger partial charge on any atom is -0.484 e. The van der Waals surface area contributed by atoms with Gasteiger partial charge >= 0.3 is 11.8 Å². The Morgan fingerprint density at radius 1 is 0.909 bits per heavy atom. The van der Waals surface area contributed by atoms with Crippen LogP contribution in [0.4, 0.5) is 11.4 Å². The highest BCUT2D eigenvalue weighted by Crippen LogP contribution is 2.15. The van der Waals surface area contributed by atoms with Crippen molar-refractivity contribution in [3.63, 3.8) is 0 Å². The topological polar surface area (TPSA) is 109 Å². The fourth-order valence-electron chi connectivity index (χ4n) is 2.72. The zero-order chi connectivity index (χ0) is 23.6. The first-order chi connectivity index (χ1) is 15.9. The van der Waals surface area contributed by atoms with Crippen molar-refractivity contribution in [3.8, 4) is 5.75 Å². The van der Waals surface area contributed by atoms with Crippen LogP contribution in [-0.4, -0.2) is 30.5 Å². The van der Waals surface area contributed by atoms with E-state index in [-0.39, 0.29) is 12.5 Å². The predicted molar refractivity (Wildman–Crippen MR) is 128 cm³/mol. The molecular weight excluding hydrogens is 444 g/mol. The van der Waals surface area contributed by atoms with Gasteiger partial charge in [-0.15, -0.1) is 0 Å². The van der Waals surface area contributed by atoms with E-state index >= 15 is 0 Å². The van der Waals surface area contributed by atoms with E-state index in [4.69, 9.17) is 16.3 Å². The number of halogens is 1. The summed E-state index contributed by atoms with van der Waals surface area (Å²) in [6.07, 6.45) is 1.36. The third-order valence-electron chi connectivity index (χ3n) is 4.20. The molecule has 3 amide bonds. The van der Waals surface area contributed by atoms with Gasteiger partial charge in [0.15, 0.2) is 6.61 Å². The maximum atomic E-state index is 12.1. The molecule has 33 heavy (non-hydrogen) atoms. The number of hydrogen-bond donors (Lipinski definition) is 3. The summed E-state index contributed by atoms with van der Waals surface area (Å²) in [7, 11) is 0. The van der Waals surface area contributed by atoms with Crippen LogP contribution in [0.15, 0.2) is 77.9 Å². The molecule has 0 heterocycles. The summed E-state index contributed by atoms with van der Waals surface area (Å²) in [4.78, 5) is 35.9. The molecule has 0 bridgehead atoms. The summed E-state index contributed by atoms with van der Waals surface area (Å²) < 4.78 is 5.49. The van der Waals surface area contributed by atoms with Crippen molar-refractivity contribution in [2.24, 2.45) is 5.10 Å². The van der Waals surface area contributed by atoms with Gasteiger partial charge in [0.2, 0.25) is 0 Å². The Labute approximate surface area is 195 Å². The second-order valence-electron chi connectivity index (χ2n) is 6.94. The van der Waals surface area contributed by atoms with Crippen molar-refractivity contribution in [1.29, 1.82) is 0 Å². The van der Waals surface area contributed by atoms with Crippen LogP contribution in [0.2, 0.25) is 5.02 Å². The first-order valence-corrected chi connectivity index (χ1v) is 10.3. The van der Waals surface area contributed by atoms with Crippen LogP contribution in [0, 0.1) is 6.92 Å². The van der Waals surface area contributed by atoms with Gasteiger partial charge < -0.3 is 15.4 Å². The smallest absolute Gasteiger partial charge is 0.329 e. The molecular formula is C24H21ClN4O4. The Hall–Kier alpha value is -4.17. The number of ether oxygens (including phenoxy) is 1. The standard InChI is InChI=1S/C24H21ClN4O4/c1-16-5-2-8-19(11-16)28-23(31)24(32)29-26-14-17-6-3-10-21(12-17)33-15-22(30)27-20-9-4-7-18(25)13-20/h2-14H,15H2,1H3,(H,27,30)(H,28,31)(H,29,32)/b26-14-. The summed E-state index contributed by atoms with van der Waals surface area (Å²) in [5.74, 6) is -1.65. The number of amides is 3. The molecule has 3 aromatic carbocycles. The van der Waals surface area contributed by atoms with Gasteiger partial charge in [0.25, 0.3) is 5.91 Å². The van der Waals surface area contributed by atoms with Crippen LogP contribution in [0.3, 0.4) is 0 Å². The lowest BCUT2D eigenvalue weighted by atomic mass is 10.2. The SMILES string of the molecule is Cc1cccc(NC(=O)C(=O)N/N=C\c2cccc(OCC(=O)Nc3cccc(Cl)c3)c2)c1. The van der Waals surface area contributed by atoms with E-state index in [1.54, 1.807) is 66.7 Å². The number of anilines is 2. The van der Waals surface area contributed by atoms with Gasteiger partial charge in [0.1, 0.15) is 5.75 Å². The van der Waals surface area contributed by atoms with E-state index in [1.807, 2.05) is 13.0 Å². The molecule has 0 aliphatic rings. The Morgan fingerprint density at radius 2 is 1.64 bits per heavy atom. The number of benzene rings is 3. The van der Waals surface area contributed by atoms with E-state index in [9.17, 15) is 14.4 Å². The minimum absolute atomic E-state index is 0.205. The molecule has 3 aromatic rings. The number of nitrogens with zero attached hydrogens (tertiary/aromatic N) is 1. The van der Waals surface area contributed by atoms with Gasteiger partial charge in [-0.1, -0.05) is 41.9 Å². The van der Waals surface area contributed by atoms with Crippen LogP contribution in [-0.2, 0) is 14.4 Å². The molecule has 0 aromatic heterocycles. The molecule has 8 nitrogen and oxygen atoms in total. The minimum atomic E-state index is -0.905. The lowest BCUT2D eigenvalue weighted by Crippen LogP contribution is -2.32. The molecule has 3 N–H and O–H groups in total. The number of carbonyl (C=O) groups is 3. The van der Waals surface area contributed by atoms with Crippen LogP contribution in [0.5, 0.6) is 5.75 Å². The average molecular weight is 465 g/mol. The Morgan fingerprint density at radius 3 is 2.39 bits per heavy atom. The quantitative estimate of drug-likeness (QED) is 0.281. The first-order valence-electron chi connectivity index (χ1n) is 9.88. The highest BCUT2D eigenvalue weighted by Gasteiger charge is 2.12. The maximum absolute atomic E-state index is 12.1. The van der Waals surface area contributed by atoms with Crippen LogP contribution >= 0.6 is 11.6 Å². The van der Waals surface area contributed by atoms with Crippen molar-refractivity contribution in [2.45, 2.75) is 6.92 Å². The molecule has 168 valence electrons. The molecule has 9 heteroatoms. The normalized spacial score (nSPS) is 10.5. The number of carbonyl (C=O) groups excluding carboxylic acids is 3. The Bertz CT molecular complexity index is 1200. The molecule has 0 spiro atoms. The molecule has 0 saturated carbocycles. The molecule has 0 atom stereocenters. The van der Waals surface area contributed by atoms with Gasteiger partial charge in [-0.3, -0.25) is 14.4 Å². The van der Waals surface area contributed by atoms with Gasteiger partial charge in [0.05, 0.1) is 6.21 Å². The molecule has 0 fully saturated rings. The second kappa shape index (κ2) is 11.4. The van der Waals surface area contributed by atoms with Gasteiger partial charge in [-0.2, -0.15) is 5.10 Å². The molecule has 0 aliphatic heterocycles. The zero-order valence-electron chi connectivity index (χ0n) is 17.7. The van der Waals surface area contributed by atoms with E-state index < -0.39 is 11.8 Å². The van der Waals surface area contributed by atoms with Gasteiger partial charge in [0, 0.05) is 16.4 Å². The number of rotatable bonds is 7. The summed E-state index contributed by atoms with van der Waals surface area (Å²) in [5, 5.41) is 9.49. The summed E-state index contributed by atoms with van der Waals surface area (Å²) in [6, 6.07) is 20.6. The fraction of sp³-hybridized carbons (Fsp3) is 0.0833. The molecule has 0 saturated heterocycles. The number of aryl methyl sites for hydroxylation is 1. The third kappa shape index (κ3) is 7.79. The van der Waals surface area contributed by atoms with E-state index in [0.717, 1.165) is 5.56 Å². The summed E-state index contributed by atoms with van der Waals surface area (Å²) in [6.45, 7) is 1.67. The zero-order valence-corrected chi connectivity index (χ0v) is 18.4. The number of hydrogen-bond acceptors (Lipinski definition) is 5. The van der Waals surface area contributed by atoms with Gasteiger partial charge in [-0.05, 0) is 60.5 Å². The predicted octanol–water partition coefficient (Wildman–Crippen LogP) is 3.75. The average Bonchev–Trinajstić information content (AvgIpc) is 2.78. The molecule has 3 rings (SSSR count). The maximum Gasteiger partial charge on any atom is 0.329 e. The van der Waals surface area contributed by atoms with E-state index in [2.05, 4.69) is 21.2 Å². The lowest BCUT2D eigenvalue weighted by Gasteiger charge is -2.08. The van der Waals surface area contributed by atoms with E-state index in [0.29, 0.717) is 27.7 Å². The monoisotopic (exact) mass is 464 g/mol. The number of hydrazone groups is 1. The summed E-state index contributed by atoms with van der Waals surface area (Å²) in [5.41, 5.74) is 4.81. The first kappa shape index (κ1) is 23.5. The van der Waals surface area contributed by atoms with Crippen LogP contribution < -0.4 is 20.8 Å². The van der Waals surface area contributed by atoms with E-state index in [1.165, 1.54) is 6.21 Å². The molecule has 0 unspecified atom stereocenters. The second-order valence-corrected chi connectivity index (χ2v) is 7.38. The van der Waals surface area contributed by atoms with Crippen LogP contribution in [0.1, 0.15) is 11.1 Å². The number of nitrogens with one attached hydrogen (secondary N) is 3. The Kier molecular flexibility index (Phi) is 8.15. The highest BCUT2D eigenvalue weighted by molar-refractivity contribution is 6.39. The van der Waals surface area contributed by atoms with Crippen molar-refractivity contribution < 1.29 is 19.1 Å². The van der Waals surface area contributed by atoms with Crippen molar-refractivity contribution in [2.75, 3.05) is 17.2 Å². The highest BCUT2D eigenvalue weighted by atomic mass is 35.5. The van der Waals surface area contributed by atoms with Crippen LogP contribution in [0.25, 0.3) is 0 Å². The Balaban J connectivity index is 1.48.